The predicted molar refractivity (Wildman–Crippen MR) is 222 cm³/mol. The Kier molecular flexibility index (Phi) is 36.9. The molecule has 0 saturated heterocycles. The number of hydrogen-bond donors (Lipinski definition) is 0. The molecule has 0 amide bonds. The standard InChI is InChI=1S/C44H88NO8P/c1-6-8-10-12-14-16-18-20-22-24-25-27-29-31-33-36-43(46)50-40-42(41-52-54(48,49)51-39-35-38-45(3,4)5)53-44(47)37-34-32-30-28-26-23-21-19-17-15-13-11-9-7-2/h42H,6-41H2,1-5H3. The summed E-state index contributed by atoms with van der Waals surface area (Å²) in [5.74, 6) is -0.815. The lowest BCUT2D eigenvalue weighted by Crippen LogP contribution is -2.35. The quantitative estimate of drug-likeness (QED) is 0.0260. The zero-order valence-corrected chi connectivity index (χ0v) is 37.1. The highest BCUT2D eigenvalue weighted by molar-refractivity contribution is 7.45. The highest BCUT2D eigenvalue weighted by Crippen LogP contribution is 2.38. The van der Waals surface area contributed by atoms with Gasteiger partial charge in [0.25, 0.3) is 7.82 Å². The van der Waals surface area contributed by atoms with Crippen LogP contribution in [0, 0.1) is 0 Å². The van der Waals surface area contributed by atoms with Gasteiger partial charge in [0, 0.05) is 19.3 Å². The van der Waals surface area contributed by atoms with Crippen molar-refractivity contribution in [2.45, 2.75) is 225 Å². The molecule has 0 saturated carbocycles. The van der Waals surface area contributed by atoms with Crippen LogP contribution in [0.2, 0.25) is 0 Å². The van der Waals surface area contributed by atoms with Crippen molar-refractivity contribution in [3.8, 4) is 0 Å². The van der Waals surface area contributed by atoms with Gasteiger partial charge in [-0.15, -0.1) is 0 Å². The van der Waals surface area contributed by atoms with Crippen molar-refractivity contribution in [3.63, 3.8) is 0 Å². The monoisotopic (exact) mass is 790 g/mol. The Hall–Kier alpha value is -0.990. The highest BCUT2D eigenvalue weighted by atomic mass is 31.2. The third-order valence-corrected chi connectivity index (χ3v) is 11.1. The lowest BCUT2D eigenvalue weighted by Gasteiger charge is -2.27. The number of carbonyl (C=O) groups excluding carboxylic acids is 2. The van der Waals surface area contributed by atoms with Crippen LogP contribution in [0.4, 0.5) is 0 Å². The Morgan fingerprint density at radius 2 is 0.852 bits per heavy atom. The maximum absolute atomic E-state index is 12.7. The summed E-state index contributed by atoms with van der Waals surface area (Å²) in [4.78, 5) is 37.6. The molecule has 2 unspecified atom stereocenters. The number of rotatable bonds is 42. The first-order valence-electron chi connectivity index (χ1n) is 22.7. The van der Waals surface area contributed by atoms with Gasteiger partial charge in [-0.05, 0) is 12.8 Å². The second-order valence-corrected chi connectivity index (χ2v) is 18.2. The fourth-order valence-corrected chi connectivity index (χ4v) is 7.43. The molecule has 0 aromatic heterocycles. The molecule has 0 aromatic rings. The predicted octanol–water partition coefficient (Wildman–Crippen LogP) is 12.2. The third-order valence-electron chi connectivity index (χ3n) is 10.1. The number of hydrogen-bond acceptors (Lipinski definition) is 8. The van der Waals surface area contributed by atoms with Crippen LogP contribution < -0.4 is 4.89 Å². The molecule has 0 aliphatic carbocycles. The van der Waals surface area contributed by atoms with E-state index in [-0.39, 0.29) is 32.0 Å². The zero-order valence-electron chi connectivity index (χ0n) is 36.2. The van der Waals surface area contributed by atoms with Crippen LogP contribution in [-0.4, -0.2) is 70.0 Å². The van der Waals surface area contributed by atoms with E-state index in [0.29, 0.717) is 17.3 Å². The molecule has 2 atom stereocenters. The van der Waals surface area contributed by atoms with Crippen LogP contribution in [0.3, 0.4) is 0 Å². The van der Waals surface area contributed by atoms with Crippen molar-refractivity contribution in [2.24, 2.45) is 0 Å². The van der Waals surface area contributed by atoms with Crippen molar-refractivity contribution >= 4 is 19.8 Å². The van der Waals surface area contributed by atoms with E-state index in [2.05, 4.69) is 13.8 Å². The molecule has 0 radical (unpaired) electrons. The van der Waals surface area contributed by atoms with E-state index >= 15 is 0 Å². The summed E-state index contributed by atoms with van der Waals surface area (Å²) in [6.45, 7) is 4.57. The second-order valence-electron chi connectivity index (χ2n) is 16.8. The first kappa shape index (κ1) is 53.0. The van der Waals surface area contributed by atoms with Gasteiger partial charge >= 0.3 is 11.9 Å². The number of ether oxygens (including phenoxy) is 2. The Bertz CT molecular complexity index is 896. The van der Waals surface area contributed by atoms with Gasteiger partial charge in [-0.25, -0.2) is 0 Å². The Labute approximate surface area is 334 Å². The van der Waals surface area contributed by atoms with Crippen LogP contribution in [-0.2, 0) is 32.7 Å². The number of quaternary nitrogens is 1. The molecule has 322 valence electrons. The van der Waals surface area contributed by atoms with E-state index in [9.17, 15) is 19.0 Å². The lowest BCUT2D eigenvalue weighted by molar-refractivity contribution is -0.870. The molecular weight excluding hydrogens is 701 g/mol. The van der Waals surface area contributed by atoms with E-state index in [1.807, 2.05) is 21.1 Å². The van der Waals surface area contributed by atoms with Crippen LogP contribution in [0.15, 0.2) is 0 Å². The minimum absolute atomic E-state index is 0.00805. The molecule has 54 heavy (non-hydrogen) atoms. The molecule has 0 spiro atoms. The normalized spacial score (nSPS) is 13.5. The summed E-state index contributed by atoms with van der Waals surface area (Å²) in [6.07, 6.45) is 36.0. The summed E-state index contributed by atoms with van der Waals surface area (Å²) in [6, 6.07) is 0. The number of carbonyl (C=O) groups is 2. The van der Waals surface area contributed by atoms with Crippen molar-refractivity contribution < 1.29 is 42.1 Å². The maximum atomic E-state index is 12.7. The van der Waals surface area contributed by atoms with Crippen LogP contribution in [0.1, 0.15) is 219 Å². The number of phosphoric acid groups is 1. The smallest absolute Gasteiger partial charge is 0.306 e. The van der Waals surface area contributed by atoms with Crippen LogP contribution in [0.25, 0.3) is 0 Å². The van der Waals surface area contributed by atoms with Crippen molar-refractivity contribution in [1.82, 2.24) is 0 Å². The van der Waals surface area contributed by atoms with Gasteiger partial charge in [0.1, 0.15) is 6.61 Å². The van der Waals surface area contributed by atoms with Crippen molar-refractivity contribution in [2.75, 3.05) is 47.5 Å². The molecule has 0 N–H and O–H groups in total. The summed E-state index contributed by atoms with van der Waals surface area (Å²) < 4.78 is 34.2. The van der Waals surface area contributed by atoms with E-state index in [1.165, 1.54) is 148 Å². The number of phosphoric ester groups is 1. The molecule has 0 bridgehead atoms. The van der Waals surface area contributed by atoms with E-state index in [1.54, 1.807) is 0 Å². The summed E-state index contributed by atoms with van der Waals surface area (Å²) in [5, 5.41) is 0. The summed E-state index contributed by atoms with van der Waals surface area (Å²) in [7, 11) is 1.45. The van der Waals surface area contributed by atoms with Crippen molar-refractivity contribution in [3.05, 3.63) is 0 Å². The van der Waals surface area contributed by atoms with Gasteiger partial charge in [-0.2, -0.15) is 0 Å². The maximum Gasteiger partial charge on any atom is 0.306 e. The topological polar surface area (TPSA) is 111 Å². The molecular formula is C44H88NO8P. The first-order valence-corrected chi connectivity index (χ1v) is 24.2. The number of esters is 2. The van der Waals surface area contributed by atoms with Gasteiger partial charge in [0.05, 0.1) is 40.9 Å². The fraction of sp³-hybridized carbons (Fsp3) is 0.955. The average Bonchev–Trinajstić information content (AvgIpc) is 3.12. The van der Waals surface area contributed by atoms with Gasteiger partial charge < -0.3 is 27.9 Å². The lowest BCUT2D eigenvalue weighted by atomic mass is 10.0. The molecule has 0 aliphatic heterocycles. The molecule has 10 heteroatoms. The van der Waals surface area contributed by atoms with Crippen LogP contribution in [0.5, 0.6) is 0 Å². The minimum atomic E-state index is -4.61. The second kappa shape index (κ2) is 37.6. The molecule has 0 aliphatic rings. The zero-order chi connectivity index (χ0) is 40.0. The molecule has 0 aromatic carbocycles. The number of nitrogens with zero attached hydrogens (tertiary/aromatic N) is 1. The first-order chi connectivity index (χ1) is 26.0. The van der Waals surface area contributed by atoms with Crippen LogP contribution >= 0.6 is 7.82 Å². The van der Waals surface area contributed by atoms with Gasteiger partial charge in [-0.1, -0.05) is 187 Å². The molecule has 0 fully saturated rings. The Balaban J connectivity index is 4.34. The SMILES string of the molecule is CCCCCCCCCCCCCCCCCC(=O)OCC(COP(=O)([O-])OCCC[N+](C)(C)C)OC(=O)CCCCCCCCCCCCCCCC. The van der Waals surface area contributed by atoms with Gasteiger partial charge in [-0.3, -0.25) is 14.2 Å². The molecule has 9 nitrogen and oxygen atoms in total. The van der Waals surface area contributed by atoms with Crippen molar-refractivity contribution in [1.29, 1.82) is 0 Å². The fourth-order valence-electron chi connectivity index (χ4n) is 6.65. The van der Waals surface area contributed by atoms with Gasteiger partial charge in [0.2, 0.25) is 0 Å². The highest BCUT2D eigenvalue weighted by Gasteiger charge is 2.21. The third kappa shape index (κ3) is 40.7. The Morgan fingerprint density at radius 1 is 0.500 bits per heavy atom. The largest absolute Gasteiger partial charge is 0.756 e. The molecule has 0 heterocycles. The summed E-state index contributed by atoms with van der Waals surface area (Å²) >= 11 is 0. The summed E-state index contributed by atoms with van der Waals surface area (Å²) in [5.41, 5.74) is 0. The van der Waals surface area contributed by atoms with E-state index < -0.39 is 26.5 Å². The van der Waals surface area contributed by atoms with Gasteiger partial charge in [0.15, 0.2) is 6.10 Å². The molecule has 0 rings (SSSR count). The van der Waals surface area contributed by atoms with E-state index in [0.717, 1.165) is 38.6 Å². The average molecular weight is 790 g/mol. The Morgan fingerprint density at radius 3 is 1.22 bits per heavy atom. The van der Waals surface area contributed by atoms with E-state index in [4.69, 9.17) is 18.5 Å². The number of unbranched alkanes of at least 4 members (excludes halogenated alkanes) is 27. The minimum Gasteiger partial charge on any atom is -0.756 e.